The van der Waals surface area contributed by atoms with E-state index >= 15 is 0 Å². The zero-order chi connectivity index (χ0) is 11.8. The Bertz CT molecular complexity index is 432. The quantitative estimate of drug-likeness (QED) is 0.584. The maximum Gasteiger partial charge on any atom is 0.209 e. The molecule has 0 spiro atoms. The molecule has 1 aromatic rings. The molecule has 16 heavy (non-hydrogen) atoms. The van der Waals surface area contributed by atoms with Crippen LogP contribution in [-0.2, 0) is 5.41 Å². The normalized spacial score (nSPS) is 17.8. The molecule has 2 heteroatoms. The van der Waals surface area contributed by atoms with Crippen molar-refractivity contribution in [3.63, 3.8) is 0 Å². The summed E-state index contributed by atoms with van der Waals surface area (Å²) in [5.74, 6) is 0. The van der Waals surface area contributed by atoms with Crippen molar-refractivity contribution in [2.45, 2.75) is 32.6 Å². The molecule has 0 radical (unpaired) electrons. The van der Waals surface area contributed by atoms with Gasteiger partial charge >= 0.3 is 0 Å². The molecule has 1 aliphatic rings. The second-order valence-electron chi connectivity index (χ2n) is 4.92. The highest BCUT2D eigenvalue weighted by molar-refractivity contribution is 9.09. The van der Waals surface area contributed by atoms with Crippen molar-refractivity contribution in [3.8, 4) is 0 Å². The van der Waals surface area contributed by atoms with Crippen LogP contribution in [0.4, 0.5) is 5.69 Å². The smallest absolute Gasteiger partial charge is 0.199 e. The van der Waals surface area contributed by atoms with Gasteiger partial charge in [-0.1, -0.05) is 34.1 Å². The van der Waals surface area contributed by atoms with Crippen LogP contribution in [0.15, 0.2) is 24.3 Å². The number of hydrogen-bond donors (Lipinski definition) is 0. The number of rotatable bonds is 3. The SMILES string of the molecule is CC1=[N+](CCCBr)c2ccccc2C1(C)C. The van der Waals surface area contributed by atoms with Crippen molar-refractivity contribution in [1.29, 1.82) is 0 Å². The molecule has 0 aliphatic carbocycles. The molecule has 0 saturated heterocycles. The van der Waals surface area contributed by atoms with Crippen molar-refractivity contribution >= 4 is 27.3 Å². The molecule has 0 saturated carbocycles. The van der Waals surface area contributed by atoms with Crippen LogP contribution in [-0.4, -0.2) is 22.2 Å². The highest BCUT2D eigenvalue weighted by Gasteiger charge is 2.42. The van der Waals surface area contributed by atoms with Gasteiger partial charge in [0.1, 0.15) is 6.54 Å². The molecule has 0 amide bonds. The highest BCUT2D eigenvalue weighted by Crippen LogP contribution is 2.39. The molecule has 1 nitrogen and oxygen atoms in total. The van der Waals surface area contributed by atoms with Gasteiger partial charge in [-0.3, -0.25) is 0 Å². The largest absolute Gasteiger partial charge is 0.209 e. The van der Waals surface area contributed by atoms with E-state index in [0.29, 0.717) is 0 Å². The summed E-state index contributed by atoms with van der Waals surface area (Å²) in [6.07, 6.45) is 1.18. The average molecular weight is 281 g/mol. The zero-order valence-corrected chi connectivity index (χ0v) is 11.8. The van der Waals surface area contributed by atoms with Crippen molar-refractivity contribution in [1.82, 2.24) is 0 Å². The number of halogens is 1. The summed E-state index contributed by atoms with van der Waals surface area (Å²) < 4.78 is 2.47. The minimum Gasteiger partial charge on any atom is -0.199 e. The Balaban J connectivity index is 2.47. The molecular formula is C14H19BrN+. The molecule has 0 aromatic heterocycles. The Morgan fingerprint density at radius 2 is 1.94 bits per heavy atom. The van der Waals surface area contributed by atoms with Gasteiger partial charge in [0.05, 0.1) is 5.41 Å². The lowest BCUT2D eigenvalue weighted by molar-refractivity contribution is -0.438. The second-order valence-corrected chi connectivity index (χ2v) is 5.71. The average Bonchev–Trinajstić information content (AvgIpc) is 2.47. The number of fused-ring (bicyclic) bond motifs is 1. The van der Waals surface area contributed by atoms with Crippen LogP contribution < -0.4 is 0 Å². The van der Waals surface area contributed by atoms with Crippen LogP contribution in [0.1, 0.15) is 32.8 Å². The van der Waals surface area contributed by atoms with Crippen LogP contribution in [0.25, 0.3) is 0 Å². The monoisotopic (exact) mass is 280 g/mol. The fraction of sp³-hybridized carbons (Fsp3) is 0.500. The summed E-state index contributed by atoms with van der Waals surface area (Å²) >= 11 is 3.51. The molecule has 0 unspecified atom stereocenters. The molecule has 0 fully saturated rings. The zero-order valence-electron chi connectivity index (χ0n) is 10.3. The highest BCUT2D eigenvalue weighted by atomic mass is 79.9. The van der Waals surface area contributed by atoms with Gasteiger partial charge in [-0.25, -0.2) is 0 Å². The third-order valence-electron chi connectivity index (χ3n) is 3.69. The van der Waals surface area contributed by atoms with Crippen molar-refractivity contribution < 1.29 is 4.58 Å². The van der Waals surface area contributed by atoms with E-state index in [-0.39, 0.29) is 5.41 Å². The first-order chi connectivity index (χ1) is 7.59. The van der Waals surface area contributed by atoms with E-state index in [1.54, 1.807) is 0 Å². The molecule has 1 heterocycles. The molecule has 0 bridgehead atoms. The van der Waals surface area contributed by atoms with E-state index in [9.17, 15) is 0 Å². The third-order valence-corrected chi connectivity index (χ3v) is 4.25. The summed E-state index contributed by atoms with van der Waals surface area (Å²) in [7, 11) is 0. The molecule has 1 aromatic carbocycles. The predicted octanol–water partition coefficient (Wildman–Crippen LogP) is 3.87. The molecule has 86 valence electrons. The van der Waals surface area contributed by atoms with Gasteiger partial charge in [0.15, 0.2) is 5.71 Å². The lowest BCUT2D eigenvalue weighted by atomic mass is 9.82. The van der Waals surface area contributed by atoms with Gasteiger partial charge in [0.25, 0.3) is 0 Å². The van der Waals surface area contributed by atoms with Gasteiger partial charge < -0.3 is 0 Å². The topological polar surface area (TPSA) is 3.01 Å². The third kappa shape index (κ3) is 1.73. The Morgan fingerprint density at radius 3 is 2.62 bits per heavy atom. The first-order valence-electron chi connectivity index (χ1n) is 5.86. The fourth-order valence-corrected chi connectivity index (χ4v) is 2.71. The number of para-hydroxylation sites is 1. The first-order valence-corrected chi connectivity index (χ1v) is 6.98. The minimum absolute atomic E-state index is 0.183. The van der Waals surface area contributed by atoms with Gasteiger partial charge in [-0.05, 0) is 13.8 Å². The second kappa shape index (κ2) is 4.33. The van der Waals surface area contributed by atoms with E-state index in [4.69, 9.17) is 0 Å². The van der Waals surface area contributed by atoms with Crippen LogP contribution in [0.2, 0.25) is 0 Å². The van der Waals surface area contributed by atoms with Crippen LogP contribution in [0.5, 0.6) is 0 Å². The van der Waals surface area contributed by atoms with E-state index < -0.39 is 0 Å². The molecule has 0 N–H and O–H groups in total. The van der Waals surface area contributed by atoms with Crippen LogP contribution >= 0.6 is 15.9 Å². The van der Waals surface area contributed by atoms with Crippen molar-refractivity contribution in [2.75, 3.05) is 11.9 Å². The maximum absolute atomic E-state index is 3.51. The Morgan fingerprint density at radius 1 is 1.25 bits per heavy atom. The Hall–Kier alpha value is -0.630. The van der Waals surface area contributed by atoms with Gasteiger partial charge in [0.2, 0.25) is 5.69 Å². The lowest BCUT2D eigenvalue weighted by Crippen LogP contribution is -2.26. The summed E-state index contributed by atoms with van der Waals surface area (Å²) in [5.41, 5.74) is 4.51. The summed E-state index contributed by atoms with van der Waals surface area (Å²) in [6, 6.07) is 8.77. The Labute approximate surface area is 106 Å². The van der Waals surface area contributed by atoms with Crippen molar-refractivity contribution in [2.24, 2.45) is 0 Å². The minimum atomic E-state index is 0.183. The number of benzene rings is 1. The van der Waals surface area contributed by atoms with Gasteiger partial charge in [0, 0.05) is 30.3 Å². The number of nitrogens with zero attached hydrogens (tertiary/aromatic N) is 1. The fourth-order valence-electron chi connectivity index (χ4n) is 2.46. The summed E-state index contributed by atoms with van der Waals surface area (Å²) in [6.45, 7) is 8.00. The Kier molecular flexibility index (Phi) is 3.20. The van der Waals surface area contributed by atoms with E-state index in [1.807, 2.05) is 0 Å². The summed E-state index contributed by atoms with van der Waals surface area (Å²) in [5, 5.41) is 1.07. The maximum atomic E-state index is 3.51. The number of hydrogen-bond acceptors (Lipinski definition) is 0. The van der Waals surface area contributed by atoms with E-state index in [2.05, 4.69) is 65.5 Å². The van der Waals surface area contributed by atoms with Crippen LogP contribution in [0.3, 0.4) is 0 Å². The van der Waals surface area contributed by atoms with Crippen molar-refractivity contribution in [3.05, 3.63) is 29.8 Å². The summed E-state index contributed by atoms with van der Waals surface area (Å²) in [4.78, 5) is 0. The molecular weight excluding hydrogens is 262 g/mol. The molecule has 2 rings (SSSR count). The number of alkyl halides is 1. The van der Waals surface area contributed by atoms with E-state index in [0.717, 1.165) is 11.9 Å². The molecule has 1 aliphatic heterocycles. The lowest BCUT2D eigenvalue weighted by Gasteiger charge is -2.14. The van der Waals surface area contributed by atoms with Gasteiger partial charge in [-0.15, -0.1) is 0 Å². The predicted molar refractivity (Wildman–Crippen MR) is 73.3 cm³/mol. The van der Waals surface area contributed by atoms with Gasteiger partial charge in [-0.2, -0.15) is 4.58 Å². The van der Waals surface area contributed by atoms with E-state index in [1.165, 1.54) is 23.4 Å². The molecule has 0 atom stereocenters. The standard InChI is InChI=1S/C14H19BrN/c1-11-14(2,3)12-7-4-5-8-13(12)16(11)10-6-9-15/h4-5,7-8H,6,9-10H2,1-3H3/q+1. The first kappa shape index (κ1) is 11.8. The van der Waals surface area contributed by atoms with Crippen LogP contribution in [0, 0.1) is 0 Å².